The quantitative estimate of drug-likeness (QED) is 0.181. The summed E-state index contributed by atoms with van der Waals surface area (Å²) < 4.78 is 17.4. The SMILES string of the molecule is C=CCn1c(SCC(=O)Nc2scc(-c3ccc(OC)cc3)c2C(=O)OC)nnc1-c1ccco1. The van der Waals surface area contributed by atoms with Crippen molar-refractivity contribution in [3.8, 4) is 28.5 Å². The molecule has 9 nitrogen and oxygen atoms in total. The highest BCUT2D eigenvalue weighted by molar-refractivity contribution is 7.99. The number of furan rings is 1. The Balaban J connectivity index is 1.51. The van der Waals surface area contributed by atoms with Crippen LogP contribution in [0.15, 0.2) is 70.3 Å². The highest BCUT2D eigenvalue weighted by atomic mass is 32.2. The second kappa shape index (κ2) is 11.1. The molecule has 3 heterocycles. The maximum Gasteiger partial charge on any atom is 0.341 e. The number of nitrogens with zero attached hydrogens (tertiary/aromatic N) is 3. The lowest BCUT2D eigenvalue weighted by molar-refractivity contribution is -0.113. The molecule has 0 saturated carbocycles. The van der Waals surface area contributed by atoms with E-state index in [1.54, 1.807) is 43.7 Å². The number of carbonyl (C=O) groups is 2. The number of carbonyl (C=O) groups excluding carboxylic acids is 2. The minimum Gasteiger partial charge on any atom is -0.497 e. The first kappa shape index (κ1) is 24.3. The third-order valence-electron chi connectivity index (χ3n) is 4.94. The lowest BCUT2D eigenvalue weighted by Gasteiger charge is -2.09. The Morgan fingerprint density at radius 2 is 2.03 bits per heavy atom. The van der Waals surface area contributed by atoms with Crippen molar-refractivity contribution >= 4 is 40.0 Å². The van der Waals surface area contributed by atoms with Crippen LogP contribution in [-0.4, -0.2) is 46.6 Å². The molecule has 0 aliphatic carbocycles. The molecule has 0 bridgehead atoms. The van der Waals surface area contributed by atoms with Crippen LogP contribution in [0.5, 0.6) is 5.75 Å². The first-order chi connectivity index (χ1) is 17.0. The van der Waals surface area contributed by atoms with Crippen molar-refractivity contribution in [3.63, 3.8) is 0 Å². The van der Waals surface area contributed by atoms with E-state index in [0.29, 0.717) is 45.2 Å². The Morgan fingerprint density at radius 3 is 2.69 bits per heavy atom. The van der Waals surface area contributed by atoms with E-state index in [1.165, 1.54) is 30.2 Å². The molecule has 0 unspecified atom stereocenters. The number of thioether (sulfide) groups is 1. The van der Waals surface area contributed by atoms with Gasteiger partial charge in [-0.2, -0.15) is 0 Å². The highest BCUT2D eigenvalue weighted by Gasteiger charge is 2.23. The van der Waals surface area contributed by atoms with Crippen LogP contribution in [-0.2, 0) is 16.1 Å². The molecule has 180 valence electrons. The molecule has 0 fully saturated rings. The van der Waals surface area contributed by atoms with Gasteiger partial charge < -0.3 is 19.2 Å². The van der Waals surface area contributed by atoms with Gasteiger partial charge in [-0.1, -0.05) is 30.0 Å². The van der Waals surface area contributed by atoms with Crippen molar-refractivity contribution < 1.29 is 23.5 Å². The normalized spacial score (nSPS) is 10.7. The van der Waals surface area contributed by atoms with Crippen molar-refractivity contribution in [1.82, 2.24) is 14.8 Å². The lowest BCUT2D eigenvalue weighted by atomic mass is 10.0. The fourth-order valence-electron chi connectivity index (χ4n) is 3.31. The maximum absolute atomic E-state index is 12.8. The zero-order valence-corrected chi connectivity index (χ0v) is 20.6. The topological polar surface area (TPSA) is 108 Å². The van der Waals surface area contributed by atoms with Gasteiger partial charge >= 0.3 is 5.97 Å². The number of anilines is 1. The first-order valence-corrected chi connectivity index (χ1v) is 12.3. The Bertz CT molecular complexity index is 1330. The van der Waals surface area contributed by atoms with Crippen molar-refractivity contribution in [1.29, 1.82) is 0 Å². The van der Waals surface area contributed by atoms with Gasteiger partial charge in [-0.25, -0.2) is 4.79 Å². The van der Waals surface area contributed by atoms with E-state index in [-0.39, 0.29) is 11.7 Å². The van der Waals surface area contributed by atoms with Crippen molar-refractivity contribution in [2.45, 2.75) is 11.7 Å². The lowest BCUT2D eigenvalue weighted by Crippen LogP contribution is -2.16. The van der Waals surface area contributed by atoms with Gasteiger partial charge in [-0.05, 0) is 29.8 Å². The zero-order chi connectivity index (χ0) is 24.8. The number of amides is 1. The summed E-state index contributed by atoms with van der Waals surface area (Å²) in [6, 6.07) is 10.9. The number of benzene rings is 1. The molecule has 0 spiro atoms. The fourth-order valence-corrected chi connectivity index (χ4v) is 5.03. The number of hydrogen-bond donors (Lipinski definition) is 1. The Kier molecular flexibility index (Phi) is 7.68. The molecule has 0 saturated heterocycles. The largest absolute Gasteiger partial charge is 0.497 e. The van der Waals surface area contributed by atoms with Crippen molar-refractivity contribution in [2.24, 2.45) is 0 Å². The molecule has 1 aromatic carbocycles. The highest BCUT2D eigenvalue weighted by Crippen LogP contribution is 2.37. The van der Waals surface area contributed by atoms with E-state index in [9.17, 15) is 9.59 Å². The predicted octanol–water partition coefficient (Wildman–Crippen LogP) is 4.98. The average molecular weight is 511 g/mol. The van der Waals surface area contributed by atoms with Crippen LogP contribution in [0.3, 0.4) is 0 Å². The van der Waals surface area contributed by atoms with Crippen LogP contribution in [0, 0.1) is 0 Å². The van der Waals surface area contributed by atoms with E-state index in [4.69, 9.17) is 13.9 Å². The molecule has 0 atom stereocenters. The summed E-state index contributed by atoms with van der Waals surface area (Å²) in [7, 11) is 2.89. The minimum atomic E-state index is -0.533. The Hall–Kier alpha value is -3.83. The Labute approximate surface area is 209 Å². The molecule has 3 aromatic heterocycles. The number of methoxy groups -OCH3 is 2. The van der Waals surface area contributed by atoms with Gasteiger partial charge in [0, 0.05) is 17.5 Å². The molecule has 1 N–H and O–H groups in total. The summed E-state index contributed by atoms with van der Waals surface area (Å²) in [5.41, 5.74) is 1.78. The molecule has 0 aliphatic rings. The monoisotopic (exact) mass is 510 g/mol. The number of hydrogen-bond acceptors (Lipinski definition) is 9. The smallest absolute Gasteiger partial charge is 0.341 e. The third kappa shape index (κ3) is 5.31. The summed E-state index contributed by atoms with van der Waals surface area (Å²) in [4.78, 5) is 25.4. The maximum atomic E-state index is 12.8. The molecule has 4 aromatic rings. The standard InChI is InChI=1S/C24H22N4O5S2/c1-4-11-28-21(18-6-5-12-33-18)26-27-24(28)35-14-19(29)25-22-20(23(30)32-3)17(13-34-22)15-7-9-16(31-2)10-8-15/h4-10,12-13H,1,11,14H2,2-3H3,(H,25,29). The molecule has 1 amide bonds. The van der Waals surface area contributed by atoms with Crippen molar-refractivity contribution in [2.75, 3.05) is 25.3 Å². The number of thiophene rings is 1. The number of nitrogens with one attached hydrogen (secondary N) is 1. The summed E-state index contributed by atoms with van der Waals surface area (Å²) in [5.74, 6) is 1.05. The molecule has 4 rings (SSSR count). The van der Waals surface area contributed by atoms with Gasteiger partial charge in [0.15, 0.2) is 10.9 Å². The third-order valence-corrected chi connectivity index (χ3v) is 6.80. The van der Waals surface area contributed by atoms with E-state index in [0.717, 1.165) is 5.56 Å². The molecule has 0 aliphatic heterocycles. The van der Waals surface area contributed by atoms with Gasteiger partial charge in [0.25, 0.3) is 0 Å². The summed E-state index contributed by atoms with van der Waals surface area (Å²) in [5, 5.41) is 14.0. The van der Waals surface area contributed by atoms with Gasteiger partial charge in [0.1, 0.15) is 16.3 Å². The number of aromatic nitrogens is 3. The molecular weight excluding hydrogens is 488 g/mol. The number of ether oxygens (including phenoxy) is 2. The number of esters is 1. The van der Waals surface area contributed by atoms with Crippen LogP contribution in [0.25, 0.3) is 22.7 Å². The van der Waals surface area contributed by atoms with Gasteiger partial charge in [0.2, 0.25) is 11.7 Å². The van der Waals surface area contributed by atoms with Crippen LogP contribution in [0.2, 0.25) is 0 Å². The summed E-state index contributed by atoms with van der Waals surface area (Å²) in [6.45, 7) is 4.23. The predicted molar refractivity (Wildman–Crippen MR) is 135 cm³/mol. The number of allylic oxidation sites excluding steroid dienone is 1. The van der Waals surface area contributed by atoms with Crippen LogP contribution < -0.4 is 10.1 Å². The van der Waals surface area contributed by atoms with Gasteiger partial charge in [-0.3, -0.25) is 9.36 Å². The second-order valence-corrected chi connectivity index (χ2v) is 8.92. The number of rotatable bonds is 10. The van der Waals surface area contributed by atoms with E-state index in [1.807, 2.05) is 22.1 Å². The molecule has 11 heteroatoms. The van der Waals surface area contributed by atoms with E-state index < -0.39 is 5.97 Å². The average Bonchev–Trinajstić information content (AvgIpc) is 3.63. The molecule has 35 heavy (non-hydrogen) atoms. The Morgan fingerprint density at radius 1 is 1.23 bits per heavy atom. The minimum absolute atomic E-state index is 0.0593. The summed E-state index contributed by atoms with van der Waals surface area (Å²) >= 11 is 2.48. The van der Waals surface area contributed by atoms with Crippen molar-refractivity contribution in [3.05, 3.63) is 66.3 Å². The molecule has 0 radical (unpaired) electrons. The fraction of sp³-hybridized carbons (Fsp3) is 0.167. The van der Waals surface area contributed by atoms with E-state index >= 15 is 0 Å². The van der Waals surface area contributed by atoms with E-state index in [2.05, 4.69) is 22.1 Å². The second-order valence-electron chi connectivity index (χ2n) is 7.09. The zero-order valence-electron chi connectivity index (χ0n) is 19.0. The summed E-state index contributed by atoms with van der Waals surface area (Å²) in [6.07, 6.45) is 3.28. The van der Waals surface area contributed by atoms with Crippen LogP contribution in [0.1, 0.15) is 10.4 Å². The van der Waals surface area contributed by atoms with Gasteiger partial charge in [-0.15, -0.1) is 28.1 Å². The van der Waals surface area contributed by atoms with Crippen LogP contribution in [0.4, 0.5) is 5.00 Å². The molecular formula is C24H22N4O5S2. The first-order valence-electron chi connectivity index (χ1n) is 10.4. The van der Waals surface area contributed by atoms with Crippen LogP contribution >= 0.6 is 23.1 Å². The van der Waals surface area contributed by atoms with Gasteiger partial charge in [0.05, 0.1) is 26.2 Å².